The Morgan fingerprint density at radius 3 is 2.62 bits per heavy atom. The minimum atomic E-state index is 0.000966. The number of aromatic nitrogens is 3. The van der Waals surface area contributed by atoms with Crippen molar-refractivity contribution in [3.8, 4) is 5.75 Å². The zero-order valence-corrected chi connectivity index (χ0v) is 15.2. The zero-order chi connectivity index (χ0) is 18.1. The molecule has 0 radical (unpaired) electrons. The molecule has 0 spiro atoms. The number of rotatable bonds is 3. The molecule has 4 rings (SSSR count). The first-order valence-corrected chi connectivity index (χ1v) is 8.97. The molecule has 0 saturated carbocycles. The smallest absolute Gasteiger partial charge is 0.256 e. The molecule has 1 fully saturated rings. The Hall–Kier alpha value is -2.60. The number of ether oxygens (including phenoxy) is 1. The van der Waals surface area contributed by atoms with Crippen LogP contribution in [0.1, 0.15) is 23.2 Å². The highest BCUT2D eigenvalue weighted by Gasteiger charge is 2.26. The van der Waals surface area contributed by atoms with Crippen LogP contribution in [-0.4, -0.2) is 44.5 Å². The predicted octanol–water partition coefficient (Wildman–Crippen LogP) is 3.31. The average Bonchev–Trinajstić information content (AvgIpc) is 3.05. The van der Waals surface area contributed by atoms with E-state index >= 15 is 0 Å². The Balaban J connectivity index is 1.42. The molecular weight excluding hydrogens is 352 g/mol. The first-order chi connectivity index (χ1) is 12.6. The van der Waals surface area contributed by atoms with E-state index in [1.807, 2.05) is 40.8 Å². The fraction of sp³-hybridized carbons (Fsp3) is 0.316. The molecule has 0 unspecified atom stereocenters. The normalized spacial score (nSPS) is 15.4. The third kappa shape index (κ3) is 3.24. The van der Waals surface area contributed by atoms with Crippen molar-refractivity contribution in [2.75, 3.05) is 13.1 Å². The number of fused-ring (bicyclic) bond motifs is 1. The summed E-state index contributed by atoms with van der Waals surface area (Å²) >= 11 is 5.90. The number of amides is 1. The van der Waals surface area contributed by atoms with Gasteiger partial charge in [-0.25, -0.2) is 9.97 Å². The van der Waals surface area contributed by atoms with Gasteiger partial charge in [0.1, 0.15) is 17.4 Å². The third-order valence-electron chi connectivity index (χ3n) is 4.68. The number of aryl methyl sites for hydroxylation is 1. The molecule has 0 bridgehead atoms. The van der Waals surface area contributed by atoms with Crippen LogP contribution in [0.4, 0.5) is 0 Å². The summed E-state index contributed by atoms with van der Waals surface area (Å²) in [5.41, 5.74) is 1.98. The minimum absolute atomic E-state index is 0.000966. The van der Waals surface area contributed by atoms with Crippen LogP contribution in [0.5, 0.6) is 5.75 Å². The van der Waals surface area contributed by atoms with Crippen molar-refractivity contribution in [3.05, 3.63) is 53.4 Å². The quantitative estimate of drug-likeness (QED) is 0.709. The molecule has 1 amide bonds. The summed E-state index contributed by atoms with van der Waals surface area (Å²) in [6.07, 6.45) is 5.04. The summed E-state index contributed by atoms with van der Waals surface area (Å²) in [7, 11) is 1.87. The van der Waals surface area contributed by atoms with Crippen molar-refractivity contribution in [3.63, 3.8) is 0 Å². The molecule has 134 valence electrons. The summed E-state index contributed by atoms with van der Waals surface area (Å²) in [4.78, 5) is 23.4. The molecule has 1 saturated heterocycles. The third-order valence-corrected chi connectivity index (χ3v) is 4.93. The van der Waals surface area contributed by atoms with Gasteiger partial charge >= 0.3 is 0 Å². The maximum absolute atomic E-state index is 12.9. The Kier molecular flexibility index (Phi) is 4.51. The van der Waals surface area contributed by atoms with Gasteiger partial charge in [0.05, 0.1) is 11.9 Å². The van der Waals surface area contributed by atoms with Gasteiger partial charge in [0, 0.05) is 44.2 Å². The van der Waals surface area contributed by atoms with E-state index in [-0.39, 0.29) is 12.0 Å². The number of imidazole rings is 1. The van der Waals surface area contributed by atoms with Gasteiger partial charge in [-0.2, -0.15) is 0 Å². The van der Waals surface area contributed by atoms with Crippen LogP contribution in [0.3, 0.4) is 0 Å². The van der Waals surface area contributed by atoms with E-state index in [4.69, 9.17) is 16.3 Å². The van der Waals surface area contributed by atoms with Crippen molar-refractivity contribution >= 4 is 28.7 Å². The fourth-order valence-electron chi connectivity index (χ4n) is 3.25. The lowest BCUT2D eigenvalue weighted by Gasteiger charge is -2.32. The molecule has 2 aromatic heterocycles. The Morgan fingerprint density at radius 2 is 1.88 bits per heavy atom. The maximum Gasteiger partial charge on any atom is 0.256 e. The van der Waals surface area contributed by atoms with E-state index in [1.165, 1.54) is 0 Å². The number of benzene rings is 1. The molecular formula is C19H19ClN4O2. The first kappa shape index (κ1) is 16.8. The summed E-state index contributed by atoms with van der Waals surface area (Å²) in [6.45, 7) is 1.32. The molecule has 3 aromatic rings. The number of likely N-dealkylation sites (tertiary alicyclic amines) is 1. The second-order valence-electron chi connectivity index (χ2n) is 6.45. The van der Waals surface area contributed by atoms with Gasteiger partial charge in [-0.15, -0.1) is 0 Å². The molecule has 26 heavy (non-hydrogen) atoms. The highest BCUT2D eigenvalue weighted by molar-refractivity contribution is 6.30. The van der Waals surface area contributed by atoms with Gasteiger partial charge in [-0.05, 0) is 30.3 Å². The van der Waals surface area contributed by atoms with Gasteiger partial charge < -0.3 is 14.2 Å². The molecule has 1 aliphatic heterocycles. The van der Waals surface area contributed by atoms with E-state index in [2.05, 4.69) is 9.97 Å². The average molecular weight is 371 g/mol. The Morgan fingerprint density at radius 1 is 1.15 bits per heavy atom. The molecule has 1 aromatic carbocycles. The standard InChI is InChI=1S/C19H19ClN4O2/c1-23-12-22-17-16(6-9-21-18(17)23)19(25)24-10-7-15(8-11-24)26-14-4-2-13(20)3-5-14/h2-6,9,12,15H,7-8,10-11H2,1H3. The van der Waals surface area contributed by atoms with Crippen molar-refractivity contribution in [2.24, 2.45) is 7.05 Å². The first-order valence-electron chi connectivity index (χ1n) is 8.59. The lowest BCUT2D eigenvalue weighted by Crippen LogP contribution is -2.41. The van der Waals surface area contributed by atoms with Crippen LogP contribution >= 0.6 is 11.6 Å². The van der Waals surface area contributed by atoms with Gasteiger partial charge in [0.25, 0.3) is 5.91 Å². The van der Waals surface area contributed by atoms with E-state index in [9.17, 15) is 4.79 Å². The van der Waals surface area contributed by atoms with Crippen LogP contribution in [0, 0.1) is 0 Å². The molecule has 0 aliphatic carbocycles. The predicted molar refractivity (Wildman–Crippen MR) is 99.5 cm³/mol. The Labute approximate surface area is 156 Å². The molecule has 6 nitrogen and oxygen atoms in total. The van der Waals surface area contributed by atoms with E-state index in [1.54, 1.807) is 18.6 Å². The SMILES string of the molecule is Cn1cnc2c(C(=O)N3CCC(Oc4ccc(Cl)cc4)CC3)ccnc21. The molecule has 0 N–H and O–H groups in total. The lowest BCUT2D eigenvalue weighted by atomic mass is 10.1. The second-order valence-corrected chi connectivity index (χ2v) is 6.89. The molecule has 7 heteroatoms. The van der Waals surface area contributed by atoms with Gasteiger partial charge in [0.2, 0.25) is 0 Å². The van der Waals surface area contributed by atoms with Crippen LogP contribution in [-0.2, 0) is 7.05 Å². The van der Waals surface area contributed by atoms with Gasteiger partial charge in [0.15, 0.2) is 5.65 Å². The molecule has 0 atom stereocenters. The fourth-order valence-corrected chi connectivity index (χ4v) is 3.38. The summed E-state index contributed by atoms with van der Waals surface area (Å²) < 4.78 is 7.81. The van der Waals surface area contributed by atoms with Crippen LogP contribution in [0.15, 0.2) is 42.9 Å². The minimum Gasteiger partial charge on any atom is -0.490 e. The number of piperidine rings is 1. The highest BCUT2D eigenvalue weighted by Crippen LogP contribution is 2.23. The van der Waals surface area contributed by atoms with E-state index in [0.717, 1.165) is 24.2 Å². The molecule has 1 aliphatic rings. The monoisotopic (exact) mass is 370 g/mol. The van der Waals surface area contributed by atoms with Crippen molar-refractivity contribution < 1.29 is 9.53 Å². The van der Waals surface area contributed by atoms with Crippen LogP contribution < -0.4 is 4.74 Å². The van der Waals surface area contributed by atoms with E-state index < -0.39 is 0 Å². The number of halogens is 1. The largest absolute Gasteiger partial charge is 0.490 e. The highest BCUT2D eigenvalue weighted by atomic mass is 35.5. The summed E-state index contributed by atoms with van der Waals surface area (Å²) in [5.74, 6) is 0.810. The van der Waals surface area contributed by atoms with Gasteiger partial charge in [-0.1, -0.05) is 11.6 Å². The maximum atomic E-state index is 12.9. The van der Waals surface area contributed by atoms with Crippen molar-refractivity contribution in [1.82, 2.24) is 19.4 Å². The number of pyridine rings is 1. The van der Waals surface area contributed by atoms with Crippen LogP contribution in [0.2, 0.25) is 5.02 Å². The van der Waals surface area contributed by atoms with E-state index in [0.29, 0.717) is 29.2 Å². The lowest BCUT2D eigenvalue weighted by molar-refractivity contribution is 0.0597. The number of hydrogen-bond acceptors (Lipinski definition) is 4. The Bertz CT molecular complexity index is 930. The van der Waals surface area contributed by atoms with Gasteiger partial charge in [-0.3, -0.25) is 4.79 Å². The van der Waals surface area contributed by atoms with Crippen molar-refractivity contribution in [1.29, 1.82) is 0 Å². The molecule has 3 heterocycles. The number of hydrogen-bond donors (Lipinski definition) is 0. The van der Waals surface area contributed by atoms with Crippen LogP contribution in [0.25, 0.3) is 11.2 Å². The second kappa shape index (κ2) is 6.96. The zero-order valence-electron chi connectivity index (χ0n) is 14.4. The number of nitrogens with zero attached hydrogens (tertiary/aromatic N) is 4. The topological polar surface area (TPSA) is 60.2 Å². The number of carbonyl (C=O) groups is 1. The summed E-state index contributed by atoms with van der Waals surface area (Å²) in [6, 6.07) is 9.12. The number of carbonyl (C=O) groups excluding carboxylic acids is 1. The summed E-state index contributed by atoms with van der Waals surface area (Å²) in [5, 5.41) is 0.691. The van der Waals surface area contributed by atoms with Crippen molar-refractivity contribution in [2.45, 2.75) is 18.9 Å².